The van der Waals surface area contributed by atoms with E-state index in [-0.39, 0.29) is 22.9 Å². The van der Waals surface area contributed by atoms with E-state index in [4.69, 9.17) is 0 Å². The molecule has 1 fully saturated rings. The lowest BCUT2D eigenvalue weighted by Gasteiger charge is -2.15. The molecule has 31 heavy (non-hydrogen) atoms. The molecule has 0 saturated heterocycles. The standard InChI is InChI=1S/C19H14F3N9/c20-19(21,22)11-3-13(5-14(4-11)30-9-25-26-10-30)28-17-6-16(27-12-1-2-12)18-24-8-15(7-23)31(18)29-17/h3-6,8-10,12,27H,1-2H2,(H,28,29). The van der Waals surface area contributed by atoms with Crippen LogP contribution in [0, 0.1) is 11.3 Å². The molecule has 0 spiro atoms. The maximum absolute atomic E-state index is 13.5. The molecule has 1 aliphatic rings. The van der Waals surface area contributed by atoms with Crippen molar-refractivity contribution in [2.75, 3.05) is 10.6 Å². The molecule has 9 nitrogen and oxygen atoms in total. The van der Waals surface area contributed by atoms with Crippen LogP contribution in [-0.2, 0) is 6.18 Å². The molecule has 0 radical (unpaired) electrons. The molecule has 12 heteroatoms. The van der Waals surface area contributed by atoms with Gasteiger partial charge in [-0.05, 0) is 31.0 Å². The highest BCUT2D eigenvalue weighted by atomic mass is 19.4. The van der Waals surface area contributed by atoms with Crippen LogP contribution >= 0.6 is 0 Å². The van der Waals surface area contributed by atoms with Gasteiger partial charge in [0.15, 0.2) is 17.2 Å². The third-order valence-corrected chi connectivity index (χ3v) is 4.75. The van der Waals surface area contributed by atoms with Crippen LogP contribution in [0.4, 0.5) is 30.4 Å². The minimum absolute atomic E-state index is 0.168. The summed E-state index contributed by atoms with van der Waals surface area (Å²) in [4.78, 5) is 4.23. The molecular formula is C19H14F3N9. The lowest BCUT2D eigenvalue weighted by Crippen LogP contribution is -2.09. The Bertz CT molecular complexity index is 1300. The van der Waals surface area contributed by atoms with Crippen molar-refractivity contribution >= 4 is 22.8 Å². The molecule has 5 rings (SSSR count). The second-order valence-corrected chi connectivity index (χ2v) is 7.11. The minimum atomic E-state index is -4.55. The van der Waals surface area contributed by atoms with Crippen molar-refractivity contribution in [1.29, 1.82) is 5.26 Å². The van der Waals surface area contributed by atoms with Gasteiger partial charge >= 0.3 is 6.18 Å². The van der Waals surface area contributed by atoms with Gasteiger partial charge in [0.05, 0.1) is 23.1 Å². The molecule has 4 aromatic rings. The predicted octanol–water partition coefficient (Wildman–Crippen LogP) is 3.52. The molecule has 0 atom stereocenters. The summed E-state index contributed by atoms with van der Waals surface area (Å²) in [5, 5.41) is 27.2. The third-order valence-electron chi connectivity index (χ3n) is 4.75. The highest BCUT2D eigenvalue weighted by Crippen LogP contribution is 2.34. The number of nitrogens with one attached hydrogen (secondary N) is 2. The van der Waals surface area contributed by atoms with Gasteiger partial charge < -0.3 is 10.6 Å². The van der Waals surface area contributed by atoms with Gasteiger partial charge in [0, 0.05) is 17.8 Å². The topological polar surface area (TPSA) is 109 Å². The quantitative estimate of drug-likeness (QED) is 0.504. The highest BCUT2D eigenvalue weighted by Gasteiger charge is 2.31. The number of nitriles is 1. The maximum Gasteiger partial charge on any atom is 0.416 e. The fourth-order valence-electron chi connectivity index (χ4n) is 3.14. The first-order chi connectivity index (χ1) is 14.9. The van der Waals surface area contributed by atoms with Crippen molar-refractivity contribution in [2.24, 2.45) is 0 Å². The number of hydrogen-bond donors (Lipinski definition) is 2. The number of aromatic nitrogens is 6. The number of halogens is 3. The second-order valence-electron chi connectivity index (χ2n) is 7.11. The average molecular weight is 425 g/mol. The molecule has 1 aliphatic carbocycles. The number of alkyl halides is 3. The highest BCUT2D eigenvalue weighted by molar-refractivity contribution is 5.74. The van der Waals surface area contributed by atoms with Crippen molar-refractivity contribution in [3.8, 4) is 11.8 Å². The fourth-order valence-corrected chi connectivity index (χ4v) is 3.14. The normalized spacial score (nSPS) is 13.9. The summed E-state index contributed by atoms with van der Waals surface area (Å²) in [6, 6.07) is 7.51. The zero-order valence-corrected chi connectivity index (χ0v) is 15.8. The van der Waals surface area contributed by atoms with E-state index in [0.29, 0.717) is 17.4 Å². The first-order valence-electron chi connectivity index (χ1n) is 9.30. The number of hydrogen-bond acceptors (Lipinski definition) is 7. The van der Waals surface area contributed by atoms with E-state index in [1.807, 2.05) is 6.07 Å². The number of rotatable bonds is 5. The summed E-state index contributed by atoms with van der Waals surface area (Å²) >= 11 is 0. The van der Waals surface area contributed by atoms with Crippen LogP contribution in [0.25, 0.3) is 11.3 Å². The van der Waals surface area contributed by atoms with Crippen LogP contribution in [0.5, 0.6) is 0 Å². The van der Waals surface area contributed by atoms with E-state index in [9.17, 15) is 18.4 Å². The summed E-state index contributed by atoms with van der Waals surface area (Å²) in [6.45, 7) is 0. The SMILES string of the molecule is N#Cc1cnc2c(NC3CC3)cc(Nc3cc(-n4cnnc4)cc(C(F)(F)F)c3)nn12. The molecular weight excluding hydrogens is 411 g/mol. The monoisotopic (exact) mass is 425 g/mol. The van der Waals surface area contributed by atoms with E-state index in [0.717, 1.165) is 25.0 Å². The lowest BCUT2D eigenvalue weighted by molar-refractivity contribution is -0.137. The molecule has 1 saturated carbocycles. The van der Waals surface area contributed by atoms with Crippen molar-refractivity contribution < 1.29 is 13.2 Å². The first kappa shape index (κ1) is 18.9. The molecule has 0 bridgehead atoms. The number of benzene rings is 1. The Hall–Kier alpha value is -4.14. The molecule has 3 heterocycles. The van der Waals surface area contributed by atoms with Gasteiger partial charge in [-0.2, -0.15) is 22.9 Å². The number of imidazole rings is 1. The largest absolute Gasteiger partial charge is 0.416 e. The summed E-state index contributed by atoms with van der Waals surface area (Å²) < 4.78 is 43.1. The molecule has 1 aromatic carbocycles. The smallest absolute Gasteiger partial charge is 0.379 e. The van der Waals surface area contributed by atoms with Gasteiger partial charge in [-0.25, -0.2) is 4.98 Å². The van der Waals surface area contributed by atoms with Gasteiger partial charge in [0.25, 0.3) is 0 Å². The molecule has 3 aromatic heterocycles. The molecule has 0 aliphatic heterocycles. The van der Waals surface area contributed by atoms with Crippen LogP contribution in [0.1, 0.15) is 24.1 Å². The number of anilines is 3. The Balaban J connectivity index is 1.59. The Labute approximate surface area is 173 Å². The second kappa shape index (κ2) is 6.98. The van der Waals surface area contributed by atoms with Gasteiger partial charge in [-0.3, -0.25) is 4.57 Å². The van der Waals surface area contributed by atoms with Crippen LogP contribution in [0.15, 0.2) is 43.1 Å². The molecule has 0 amide bonds. The predicted molar refractivity (Wildman–Crippen MR) is 104 cm³/mol. The summed E-state index contributed by atoms with van der Waals surface area (Å²) in [5.41, 5.74) is 0.905. The Morgan fingerprint density at radius 1 is 1.10 bits per heavy atom. The minimum Gasteiger partial charge on any atom is -0.379 e. The van der Waals surface area contributed by atoms with E-state index < -0.39 is 11.7 Å². The molecule has 156 valence electrons. The Morgan fingerprint density at radius 2 is 1.87 bits per heavy atom. The Kier molecular flexibility index (Phi) is 4.25. The van der Waals surface area contributed by atoms with Crippen molar-refractivity contribution in [1.82, 2.24) is 29.4 Å². The van der Waals surface area contributed by atoms with E-state index >= 15 is 0 Å². The summed E-state index contributed by atoms with van der Waals surface area (Å²) in [6.07, 6.45) is 1.50. The number of fused-ring (bicyclic) bond motifs is 1. The van der Waals surface area contributed by atoms with E-state index in [2.05, 4.69) is 30.9 Å². The fraction of sp³-hybridized carbons (Fsp3) is 0.211. The van der Waals surface area contributed by atoms with Crippen LogP contribution in [-0.4, -0.2) is 35.4 Å². The molecule has 2 N–H and O–H groups in total. The zero-order chi connectivity index (χ0) is 21.6. The lowest BCUT2D eigenvalue weighted by atomic mass is 10.1. The van der Waals surface area contributed by atoms with Crippen LogP contribution < -0.4 is 10.6 Å². The van der Waals surface area contributed by atoms with Crippen molar-refractivity contribution in [3.05, 3.63) is 54.4 Å². The van der Waals surface area contributed by atoms with Gasteiger partial charge in [-0.15, -0.1) is 15.3 Å². The van der Waals surface area contributed by atoms with Crippen molar-refractivity contribution in [2.45, 2.75) is 25.1 Å². The zero-order valence-electron chi connectivity index (χ0n) is 15.8. The van der Waals surface area contributed by atoms with Crippen LogP contribution in [0.3, 0.4) is 0 Å². The summed E-state index contributed by atoms with van der Waals surface area (Å²) in [5.74, 6) is 0.263. The van der Waals surface area contributed by atoms with Crippen LogP contribution in [0.2, 0.25) is 0 Å². The van der Waals surface area contributed by atoms with Gasteiger partial charge in [-0.1, -0.05) is 0 Å². The third kappa shape index (κ3) is 3.73. The number of nitrogens with zero attached hydrogens (tertiary/aromatic N) is 7. The Morgan fingerprint density at radius 3 is 2.55 bits per heavy atom. The maximum atomic E-state index is 13.5. The van der Waals surface area contributed by atoms with E-state index in [1.54, 1.807) is 6.07 Å². The first-order valence-corrected chi connectivity index (χ1v) is 9.30. The van der Waals surface area contributed by atoms with Crippen molar-refractivity contribution in [3.63, 3.8) is 0 Å². The summed E-state index contributed by atoms with van der Waals surface area (Å²) in [7, 11) is 0. The molecule has 0 unspecified atom stereocenters. The van der Waals surface area contributed by atoms with Gasteiger partial charge in [0.2, 0.25) is 0 Å². The van der Waals surface area contributed by atoms with E-state index in [1.165, 1.54) is 34.0 Å². The average Bonchev–Trinajstić information content (AvgIpc) is 3.22. The van der Waals surface area contributed by atoms with Gasteiger partial charge in [0.1, 0.15) is 18.7 Å².